The third-order valence-corrected chi connectivity index (χ3v) is 8.86. The Kier molecular flexibility index (Phi) is 6.96. The Hall–Kier alpha value is -1.62. The van der Waals surface area contributed by atoms with E-state index in [1.807, 2.05) is 17.0 Å². The van der Waals surface area contributed by atoms with Gasteiger partial charge in [0, 0.05) is 25.2 Å². The summed E-state index contributed by atoms with van der Waals surface area (Å²) in [6.07, 6.45) is 6.12. The molecule has 0 N–H and O–H groups in total. The minimum Gasteiger partial charge on any atom is -0.338 e. The maximum absolute atomic E-state index is 13.3. The first kappa shape index (κ1) is 23.1. The Bertz CT molecular complexity index is 986. The van der Waals surface area contributed by atoms with Crippen molar-refractivity contribution >= 4 is 29.1 Å². The van der Waals surface area contributed by atoms with E-state index in [0.29, 0.717) is 33.4 Å². The fourth-order valence-corrected chi connectivity index (χ4v) is 6.28. The Morgan fingerprint density at radius 3 is 2.30 bits per heavy atom. The van der Waals surface area contributed by atoms with E-state index in [4.69, 9.17) is 23.2 Å². The molecule has 2 aromatic rings. The Labute approximate surface area is 205 Å². The summed E-state index contributed by atoms with van der Waals surface area (Å²) in [5.41, 5.74) is 1.88. The summed E-state index contributed by atoms with van der Waals surface area (Å²) >= 11 is 12.2. The molecule has 2 heterocycles. The molecular weight excluding hydrogens is 458 g/mol. The van der Waals surface area contributed by atoms with Crippen LogP contribution in [-0.4, -0.2) is 48.4 Å². The molecular formula is C27H31Cl2FN2O. The third kappa shape index (κ3) is 5.08. The molecule has 0 unspecified atom stereocenters. The van der Waals surface area contributed by atoms with Crippen molar-refractivity contribution in [2.24, 2.45) is 17.8 Å². The van der Waals surface area contributed by atoms with E-state index in [9.17, 15) is 9.18 Å². The first-order valence-electron chi connectivity index (χ1n) is 12.2. The molecule has 2 aliphatic heterocycles. The van der Waals surface area contributed by atoms with E-state index in [-0.39, 0.29) is 11.7 Å². The van der Waals surface area contributed by atoms with Gasteiger partial charge >= 0.3 is 0 Å². The van der Waals surface area contributed by atoms with E-state index >= 15 is 0 Å². The number of nitrogens with zero attached hydrogens (tertiary/aromatic N) is 2. The number of rotatable bonds is 5. The average Bonchev–Trinajstić information content (AvgIpc) is 3.18. The van der Waals surface area contributed by atoms with Crippen molar-refractivity contribution in [2.45, 2.75) is 38.0 Å². The molecule has 1 aliphatic carbocycles. The fourth-order valence-electron chi connectivity index (χ4n) is 5.98. The van der Waals surface area contributed by atoms with E-state index < -0.39 is 0 Å². The predicted octanol–water partition coefficient (Wildman–Crippen LogP) is 6.50. The zero-order valence-corrected chi connectivity index (χ0v) is 20.4. The van der Waals surface area contributed by atoms with Gasteiger partial charge in [-0.15, -0.1) is 0 Å². The normalized spacial score (nSPS) is 24.8. The maximum Gasteiger partial charge on any atom is 0.253 e. The van der Waals surface area contributed by atoms with Crippen LogP contribution in [0, 0.1) is 23.6 Å². The fraction of sp³-hybridized carbons (Fsp3) is 0.519. The van der Waals surface area contributed by atoms with E-state index in [1.54, 1.807) is 30.3 Å². The van der Waals surface area contributed by atoms with Gasteiger partial charge in [-0.2, -0.15) is 0 Å². The highest BCUT2D eigenvalue weighted by Gasteiger charge is 2.42. The molecule has 0 aromatic heterocycles. The van der Waals surface area contributed by atoms with Crippen LogP contribution in [0.15, 0.2) is 42.5 Å². The molecule has 0 bridgehead atoms. The average molecular weight is 489 g/mol. The lowest BCUT2D eigenvalue weighted by Gasteiger charge is -2.38. The van der Waals surface area contributed by atoms with Gasteiger partial charge in [-0.3, -0.25) is 4.79 Å². The number of carbonyl (C=O) groups is 1. The molecule has 3 aliphatic rings. The standard InChI is InChI=1S/C27H31Cl2FN2O/c28-25-9-6-21(14-26(25)29)27(33)32-16-22(24(17-32)20-2-1-3-20)15-31-12-10-19(11-13-31)18-4-7-23(30)8-5-18/h4-9,14,19-20,22,24H,1-3,10-13,15-17H2/t22-,24+/m1/s1. The van der Waals surface area contributed by atoms with Gasteiger partial charge in [-0.25, -0.2) is 4.39 Å². The summed E-state index contributed by atoms with van der Waals surface area (Å²) in [5.74, 6) is 2.26. The second-order valence-electron chi connectivity index (χ2n) is 10.1. The van der Waals surface area contributed by atoms with Crippen LogP contribution in [0.3, 0.4) is 0 Å². The van der Waals surface area contributed by atoms with Gasteiger partial charge in [0.2, 0.25) is 0 Å². The lowest BCUT2D eigenvalue weighted by atomic mass is 9.71. The molecule has 5 rings (SSSR count). The molecule has 2 aromatic carbocycles. The van der Waals surface area contributed by atoms with Crippen LogP contribution in [0.25, 0.3) is 0 Å². The van der Waals surface area contributed by atoms with Crippen molar-refractivity contribution in [1.29, 1.82) is 0 Å². The van der Waals surface area contributed by atoms with Gasteiger partial charge < -0.3 is 9.80 Å². The Morgan fingerprint density at radius 1 is 0.939 bits per heavy atom. The highest BCUT2D eigenvalue weighted by Crippen LogP contribution is 2.42. The Morgan fingerprint density at radius 2 is 1.67 bits per heavy atom. The van der Waals surface area contributed by atoms with Crippen molar-refractivity contribution < 1.29 is 9.18 Å². The van der Waals surface area contributed by atoms with Crippen LogP contribution in [-0.2, 0) is 0 Å². The van der Waals surface area contributed by atoms with Crippen molar-refractivity contribution in [2.75, 3.05) is 32.7 Å². The molecule has 1 saturated carbocycles. The lowest BCUT2D eigenvalue weighted by Crippen LogP contribution is -2.40. The van der Waals surface area contributed by atoms with Gasteiger partial charge in [0.25, 0.3) is 5.91 Å². The molecule has 1 amide bonds. The molecule has 0 radical (unpaired) electrons. The maximum atomic E-state index is 13.3. The quantitative estimate of drug-likeness (QED) is 0.479. The van der Waals surface area contributed by atoms with Gasteiger partial charge in [0.05, 0.1) is 10.0 Å². The number of halogens is 3. The number of hydrogen-bond acceptors (Lipinski definition) is 2. The zero-order valence-electron chi connectivity index (χ0n) is 18.9. The first-order valence-corrected chi connectivity index (χ1v) is 13.0. The molecule has 6 heteroatoms. The number of hydrogen-bond donors (Lipinski definition) is 0. The molecule has 2 atom stereocenters. The van der Waals surface area contributed by atoms with Crippen molar-refractivity contribution in [1.82, 2.24) is 9.80 Å². The second-order valence-corrected chi connectivity index (χ2v) is 10.9. The third-order valence-electron chi connectivity index (χ3n) is 8.12. The molecule has 3 nitrogen and oxygen atoms in total. The van der Waals surface area contributed by atoms with Crippen LogP contribution in [0.5, 0.6) is 0 Å². The van der Waals surface area contributed by atoms with Crippen LogP contribution < -0.4 is 0 Å². The first-order chi connectivity index (χ1) is 16.0. The molecule has 33 heavy (non-hydrogen) atoms. The molecule has 3 fully saturated rings. The van der Waals surface area contributed by atoms with E-state index in [2.05, 4.69) is 4.90 Å². The highest BCUT2D eigenvalue weighted by atomic mass is 35.5. The van der Waals surface area contributed by atoms with Gasteiger partial charge in [-0.05, 0) is 85.5 Å². The van der Waals surface area contributed by atoms with E-state index in [0.717, 1.165) is 51.5 Å². The van der Waals surface area contributed by atoms with Crippen LogP contribution in [0.4, 0.5) is 4.39 Å². The minimum absolute atomic E-state index is 0.0652. The zero-order chi connectivity index (χ0) is 22.9. The molecule has 2 saturated heterocycles. The van der Waals surface area contributed by atoms with Crippen molar-refractivity contribution in [3.63, 3.8) is 0 Å². The van der Waals surface area contributed by atoms with Gasteiger partial charge in [-0.1, -0.05) is 54.6 Å². The summed E-state index contributed by atoms with van der Waals surface area (Å²) < 4.78 is 13.3. The number of carbonyl (C=O) groups excluding carboxylic acids is 1. The molecule has 0 spiro atoms. The monoisotopic (exact) mass is 488 g/mol. The van der Waals surface area contributed by atoms with Crippen LogP contribution >= 0.6 is 23.2 Å². The second kappa shape index (κ2) is 9.93. The number of piperidine rings is 1. The Balaban J connectivity index is 1.22. The van der Waals surface area contributed by atoms with Crippen LogP contribution in [0.2, 0.25) is 10.0 Å². The van der Waals surface area contributed by atoms with Crippen molar-refractivity contribution in [3.8, 4) is 0 Å². The highest BCUT2D eigenvalue weighted by molar-refractivity contribution is 6.42. The topological polar surface area (TPSA) is 23.6 Å². The number of benzene rings is 2. The van der Waals surface area contributed by atoms with Gasteiger partial charge in [0.1, 0.15) is 5.82 Å². The number of amides is 1. The SMILES string of the molecule is O=C(c1ccc(Cl)c(Cl)c1)N1C[C@@H](CN2CCC(c3ccc(F)cc3)CC2)[C@H](C2CCC2)C1. The van der Waals surface area contributed by atoms with Crippen molar-refractivity contribution in [3.05, 3.63) is 69.5 Å². The smallest absolute Gasteiger partial charge is 0.253 e. The minimum atomic E-state index is -0.167. The summed E-state index contributed by atoms with van der Waals surface area (Å²) in [5, 5.41) is 0.904. The largest absolute Gasteiger partial charge is 0.338 e. The predicted molar refractivity (Wildman–Crippen MR) is 132 cm³/mol. The molecule has 176 valence electrons. The van der Waals surface area contributed by atoms with Crippen LogP contribution in [0.1, 0.15) is 53.9 Å². The van der Waals surface area contributed by atoms with E-state index in [1.165, 1.54) is 24.8 Å². The van der Waals surface area contributed by atoms with Gasteiger partial charge in [0.15, 0.2) is 0 Å². The summed E-state index contributed by atoms with van der Waals surface area (Å²) in [7, 11) is 0. The summed E-state index contributed by atoms with van der Waals surface area (Å²) in [6, 6.07) is 12.2. The summed E-state index contributed by atoms with van der Waals surface area (Å²) in [6.45, 7) is 4.86. The summed E-state index contributed by atoms with van der Waals surface area (Å²) in [4.78, 5) is 17.9. The number of likely N-dealkylation sites (tertiary alicyclic amines) is 2. The lowest BCUT2D eigenvalue weighted by molar-refractivity contribution is 0.0775.